The van der Waals surface area contributed by atoms with E-state index in [0.717, 1.165) is 53.3 Å². The van der Waals surface area contributed by atoms with Gasteiger partial charge >= 0.3 is 5.63 Å². The Hall–Kier alpha value is -2.88. The molecule has 1 aromatic heterocycles. The van der Waals surface area contributed by atoms with Crippen molar-refractivity contribution in [2.24, 2.45) is 5.92 Å². The lowest BCUT2D eigenvalue weighted by Gasteiger charge is -2.20. The summed E-state index contributed by atoms with van der Waals surface area (Å²) in [6.07, 6.45) is 5.48. The zero-order valence-corrected chi connectivity index (χ0v) is 16.2. The predicted octanol–water partition coefficient (Wildman–Crippen LogP) is 4.96. The van der Waals surface area contributed by atoms with E-state index in [9.17, 15) is 9.59 Å². The van der Waals surface area contributed by atoms with E-state index in [1.807, 2.05) is 49.4 Å². The van der Waals surface area contributed by atoms with Gasteiger partial charge in [0, 0.05) is 29.5 Å². The van der Waals surface area contributed by atoms with E-state index in [2.05, 4.69) is 5.32 Å². The second-order valence-electron chi connectivity index (χ2n) is 7.68. The molecule has 0 bridgehead atoms. The number of carbonyl (C=O) groups excluding carboxylic acids is 1. The van der Waals surface area contributed by atoms with Crippen LogP contribution in [0.4, 0.5) is 0 Å². The Bertz CT molecular complexity index is 1060. The normalized spacial score (nSPS) is 14.9. The Morgan fingerprint density at radius 2 is 1.82 bits per heavy atom. The molecule has 4 heteroatoms. The molecule has 28 heavy (non-hydrogen) atoms. The van der Waals surface area contributed by atoms with E-state index in [1.54, 1.807) is 6.07 Å². The summed E-state index contributed by atoms with van der Waals surface area (Å²) < 4.78 is 5.46. The molecule has 1 aliphatic carbocycles. The number of nitrogens with one attached hydrogen (secondary N) is 1. The summed E-state index contributed by atoms with van der Waals surface area (Å²) in [6.45, 7) is 2.48. The SMILES string of the molecule is Cc1ccccc1-c1cc(=O)oc2cc(CNC(=O)C3CCCCC3)ccc12. The molecule has 3 aromatic rings. The van der Waals surface area contributed by atoms with E-state index in [4.69, 9.17) is 4.42 Å². The molecule has 4 rings (SSSR count). The summed E-state index contributed by atoms with van der Waals surface area (Å²) in [4.78, 5) is 24.5. The van der Waals surface area contributed by atoms with Gasteiger partial charge in [0.25, 0.3) is 0 Å². The third-order valence-corrected chi connectivity index (χ3v) is 5.69. The number of rotatable bonds is 4. The van der Waals surface area contributed by atoms with Crippen molar-refractivity contribution in [3.05, 3.63) is 70.1 Å². The number of benzene rings is 2. The monoisotopic (exact) mass is 375 g/mol. The first-order chi connectivity index (χ1) is 13.6. The number of carbonyl (C=O) groups is 1. The third kappa shape index (κ3) is 3.86. The van der Waals surface area contributed by atoms with Crippen molar-refractivity contribution < 1.29 is 9.21 Å². The Balaban J connectivity index is 1.60. The molecule has 1 heterocycles. The Morgan fingerprint density at radius 1 is 1.04 bits per heavy atom. The van der Waals surface area contributed by atoms with E-state index in [-0.39, 0.29) is 17.5 Å². The maximum Gasteiger partial charge on any atom is 0.336 e. The largest absolute Gasteiger partial charge is 0.423 e. The first-order valence-corrected chi connectivity index (χ1v) is 10.0. The second-order valence-corrected chi connectivity index (χ2v) is 7.68. The molecule has 4 nitrogen and oxygen atoms in total. The first kappa shape index (κ1) is 18.5. The van der Waals surface area contributed by atoms with Crippen LogP contribution in [0.25, 0.3) is 22.1 Å². The average Bonchev–Trinajstić information content (AvgIpc) is 2.72. The zero-order chi connectivity index (χ0) is 19.5. The van der Waals surface area contributed by atoms with Crippen molar-refractivity contribution in [3.63, 3.8) is 0 Å². The van der Waals surface area contributed by atoms with Gasteiger partial charge in [-0.1, -0.05) is 55.7 Å². The van der Waals surface area contributed by atoms with Crippen LogP contribution >= 0.6 is 0 Å². The minimum atomic E-state index is -0.367. The lowest BCUT2D eigenvalue weighted by Crippen LogP contribution is -2.31. The molecular formula is C24H25NO3. The van der Waals surface area contributed by atoms with E-state index >= 15 is 0 Å². The molecule has 1 aliphatic rings. The van der Waals surface area contributed by atoms with Gasteiger partial charge in [-0.3, -0.25) is 4.79 Å². The molecule has 1 amide bonds. The second kappa shape index (κ2) is 8.01. The highest BCUT2D eigenvalue weighted by Gasteiger charge is 2.20. The van der Waals surface area contributed by atoms with Crippen molar-refractivity contribution in [2.45, 2.75) is 45.6 Å². The highest BCUT2D eigenvalue weighted by atomic mass is 16.4. The molecule has 2 aromatic carbocycles. The van der Waals surface area contributed by atoms with Crippen LogP contribution in [0.1, 0.15) is 43.2 Å². The number of aryl methyl sites for hydroxylation is 1. The van der Waals surface area contributed by atoms with Crippen molar-refractivity contribution in [3.8, 4) is 11.1 Å². The van der Waals surface area contributed by atoms with Crippen molar-refractivity contribution >= 4 is 16.9 Å². The molecule has 144 valence electrons. The number of fused-ring (bicyclic) bond motifs is 1. The van der Waals surface area contributed by atoms with Gasteiger partial charge in [0.2, 0.25) is 5.91 Å². The molecular weight excluding hydrogens is 350 g/mol. The summed E-state index contributed by atoms with van der Waals surface area (Å²) in [5.41, 5.74) is 4.13. The summed E-state index contributed by atoms with van der Waals surface area (Å²) >= 11 is 0. The first-order valence-electron chi connectivity index (χ1n) is 10.0. The fourth-order valence-corrected chi connectivity index (χ4v) is 4.11. The van der Waals surface area contributed by atoms with Crippen molar-refractivity contribution in [1.29, 1.82) is 0 Å². The van der Waals surface area contributed by atoms with Crippen LogP contribution in [0.2, 0.25) is 0 Å². The minimum Gasteiger partial charge on any atom is -0.423 e. The summed E-state index contributed by atoms with van der Waals surface area (Å²) in [7, 11) is 0. The van der Waals surface area contributed by atoms with E-state index in [1.165, 1.54) is 6.42 Å². The number of amides is 1. The van der Waals surface area contributed by atoms with Gasteiger partial charge in [-0.15, -0.1) is 0 Å². The van der Waals surface area contributed by atoms with Crippen LogP contribution in [-0.4, -0.2) is 5.91 Å². The van der Waals surface area contributed by atoms with E-state index in [0.29, 0.717) is 12.1 Å². The quantitative estimate of drug-likeness (QED) is 0.655. The lowest BCUT2D eigenvalue weighted by molar-refractivity contribution is -0.126. The lowest BCUT2D eigenvalue weighted by atomic mass is 9.88. The zero-order valence-electron chi connectivity index (χ0n) is 16.2. The number of hydrogen-bond acceptors (Lipinski definition) is 3. The van der Waals surface area contributed by atoms with Gasteiger partial charge in [0.05, 0.1) is 0 Å². The van der Waals surface area contributed by atoms with Crippen molar-refractivity contribution in [2.75, 3.05) is 0 Å². The Kier molecular flexibility index (Phi) is 5.29. The molecule has 0 saturated heterocycles. The Morgan fingerprint density at radius 3 is 2.61 bits per heavy atom. The molecule has 0 radical (unpaired) electrons. The van der Waals surface area contributed by atoms with Crippen molar-refractivity contribution in [1.82, 2.24) is 5.32 Å². The maximum atomic E-state index is 12.4. The van der Waals surface area contributed by atoms with Crippen LogP contribution in [0.5, 0.6) is 0 Å². The molecule has 0 spiro atoms. The van der Waals surface area contributed by atoms with Crippen LogP contribution < -0.4 is 10.9 Å². The smallest absolute Gasteiger partial charge is 0.336 e. The summed E-state index contributed by atoms with van der Waals surface area (Å²) in [6, 6.07) is 15.4. The molecule has 1 saturated carbocycles. The van der Waals surface area contributed by atoms with Gasteiger partial charge < -0.3 is 9.73 Å². The molecule has 1 N–H and O–H groups in total. The van der Waals surface area contributed by atoms with Gasteiger partial charge in [-0.25, -0.2) is 4.79 Å². The molecule has 0 atom stereocenters. The highest BCUT2D eigenvalue weighted by molar-refractivity contribution is 5.94. The van der Waals surface area contributed by atoms with Gasteiger partial charge in [-0.2, -0.15) is 0 Å². The van der Waals surface area contributed by atoms with Gasteiger partial charge in [0.15, 0.2) is 0 Å². The third-order valence-electron chi connectivity index (χ3n) is 5.69. The molecule has 1 fully saturated rings. The van der Waals surface area contributed by atoms with Crippen LogP contribution in [0.3, 0.4) is 0 Å². The standard InChI is InChI=1S/C24H25NO3/c1-16-7-5-6-10-19(16)21-14-23(26)28-22-13-17(11-12-20(21)22)15-25-24(27)18-8-3-2-4-9-18/h5-7,10-14,18H,2-4,8-9,15H2,1H3,(H,25,27). The highest BCUT2D eigenvalue weighted by Crippen LogP contribution is 2.30. The number of hydrogen-bond donors (Lipinski definition) is 1. The summed E-state index contributed by atoms with van der Waals surface area (Å²) in [5, 5.41) is 3.94. The van der Waals surface area contributed by atoms with Gasteiger partial charge in [-0.05, 0) is 42.5 Å². The minimum absolute atomic E-state index is 0.134. The fraction of sp³-hybridized carbons (Fsp3) is 0.333. The van der Waals surface area contributed by atoms with Gasteiger partial charge in [0.1, 0.15) is 5.58 Å². The average molecular weight is 375 g/mol. The van der Waals surface area contributed by atoms with Crippen LogP contribution in [-0.2, 0) is 11.3 Å². The van der Waals surface area contributed by atoms with Crippen LogP contribution in [0.15, 0.2) is 57.7 Å². The predicted molar refractivity (Wildman–Crippen MR) is 111 cm³/mol. The van der Waals surface area contributed by atoms with E-state index < -0.39 is 0 Å². The Labute approximate surface area is 164 Å². The summed E-state index contributed by atoms with van der Waals surface area (Å²) in [5.74, 6) is 0.273. The van der Waals surface area contributed by atoms with Crippen LogP contribution in [0, 0.1) is 12.8 Å². The fourth-order valence-electron chi connectivity index (χ4n) is 4.11. The molecule has 0 unspecified atom stereocenters. The topological polar surface area (TPSA) is 59.3 Å². The molecule has 0 aliphatic heterocycles. The maximum absolute atomic E-state index is 12.4.